The Morgan fingerprint density at radius 2 is 1.90 bits per heavy atom. The third kappa shape index (κ3) is 7.81. The van der Waals surface area contributed by atoms with Crippen LogP contribution in [0.4, 0.5) is 17.6 Å². The van der Waals surface area contributed by atoms with Crippen molar-refractivity contribution in [1.82, 2.24) is 9.88 Å². The maximum Gasteiger partial charge on any atom is 0.389 e. The van der Waals surface area contributed by atoms with Gasteiger partial charge < -0.3 is 10.0 Å². The van der Waals surface area contributed by atoms with Crippen molar-refractivity contribution in [3.8, 4) is 0 Å². The second-order valence-corrected chi connectivity index (χ2v) is 6.77. The van der Waals surface area contributed by atoms with Crippen LogP contribution in [-0.2, 0) is 11.2 Å². The molecule has 1 fully saturated rings. The largest absolute Gasteiger partial charge is 0.396 e. The first kappa shape index (κ1) is 22.8. The number of aliphatic hydroxyl groups is 1. The first-order valence-electron chi connectivity index (χ1n) is 9.41. The van der Waals surface area contributed by atoms with Gasteiger partial charge in [0.05, 0.1) is 6.04 Å². The van der Waals surface area contributed by atoms with Gasteiger partial charge in [0.15, 0.2) is 0 Å². The maximum absolute atomic E-state index is 13.0. The Morgan fingerprint density at radius 3 is 2.38 bits per heavy atom. The Labute approximate surface area is 167 Å². The topological polar surface area (TPSA) is 53.4 Å². The van der Waals surface area contributed by atoms with Crippen LogP contribution in [-0.4, -0.2) is 40.2 Å². The minimum atomic E-state index is -4.11. The van der Waals surface area contributed by atoms with Crippen LogP contribution in [0.3, 0.4) is 0 Å². The van der Waals surface area contributed by atoms with Gasteiger partial charge in [0.1, 0.15) is 5.82 Å². The molecule has 3 rings (SSSR count). The lowest BCUT2D eigenvalue weighted by Crippen LogP contribution is -2.31. The van der Waals surface area contributed by atoms with Crippen LogP contribution in [0, 0.1) is 5.82 Å². The van der Waals surface area contributed by atoms with E-state index in [4.69, 9.17) is 5.11 Å². The van der Waals surface area contributed by atoms with E-state index >= 15 is 0 Å². The minimum Gasteiger partial charge on any atom is -0.396 e. The number of pyridine rings is 1. The van der Waals surface area contributed by atoms with Crippen LogP contribution in [0.1, 0.15) is 42.9 Å². The van der Waals surface area contributed by atoms with Crippen molar-refractivity contribution in [1.29, 1.82) is 0 Å². The van der Waals surface area contributed by atoms with E-state index in [0.29, 0.717) is 12.8 Å². The highest BCUT2D eigenvalue weighted by atomic mass is 19.4. The van der Waals surface area contributed by atoms with Crippen LogP contribution < -0.4 is 0 Å². The molecule has 1 unspecified atom stereocenters. The van der Waals surface area contributed by atoms with Crippen molar-refractivity contribution in [3.63, 3.8) is 0 Å². The number of rotatable bonds is 6. The number of hydrogen-bond donors (Lipinski definition) is 1. The van der Waals surface area contributed by atoms with E-state index in [0.717, 1.165) is 24.1 Å². The fraction of sp³-hybridized carbons (Fsp3) is 0.429. The number of hydrogen-bond acceptors (Lipinski definition) is 3. The lowest BCUT2D eigenvalue weighted by molar-refractivity contribution is -0.137. The molecule has 158 valence electrons. The summed E-state index contributed by atoms with van der Waals surface area (Å²) in [4.78, 5) is 18.2. The Bertz CT molecular complexity index is 752. The Morgan fingerprint density at radius 1 is 1.17 bits per heavy atom. The first-order chi connectivity index (χ1) is 13.8. The van der Waals surface area contributed by atoms with Crippen molar-refractivity contribution >= 4 is 5.91 Å². The predicted octanol–water partition coefficient (Wildman–Crippen LogP) is 4.45. The molecular formula is C21H24F4N2O2. The smallest absolute Gasteiger partial charge is 0.389 e. The summed E-state index contributed by atoms with van der Waals surface area (Å²) in [5.41, 5.74) is 2.04. The highest BCUT2D eigenvalue weighted by Crippen LogP contribution is 2.29. The van der Waals surface area contributed by atoms with Crippen molar-refractivity contribution in [2.45, 2.75) is 44.3 Å². The van der Waals surface area contributed by atoms with Gasteiger partial charge in [-0.1, -0.05) is 18.2 Å². The lowest BCUT2D eigenvalue weighted by atomic mass is 9.99. The Hall–Kier alpha value is -2.48. The van der Waals surface area contributed by atoms with Crippen LogP contribution in [0.2, 0.25) is 0 Å². The number of nitrogens with zero attached hydrogens (tertiary/aromatic N) is 2. The minimum absolute atomic E-state index is 0.0286. The van der Waals surface area contributed by atoms with Crippen molar-refractivity contribution in [2.24, 2.45) is 0 Å². The fourth-order valence-electron chi connectivity index (χ4n) is 3.10. The van der Waals surface area contributed by atoms with Gasteiger partial charge >= 0.3 is 6.18 Å². The van der Waals surface area contributed by atoms with Gasteiger partial charge in [0.2, 0.25) is 5.91 Å². The SMILES string of the molecule is O=C1CCCN1C(Cc1ccc(F)cc1)c1cccnc1.OCCCC(F)(F)F. The van der Waals surface area contributed by atoms with Gasteiger partial charge in [-0.3, -0.25) is 9.78 Å². The highest BCUT2D eigenvalue weighted by Gasteiger charge is 2.29. The van der Waals surface area contributed by atoms with Crippen LogP contribution in [0.15, 0.2) is 48.8 Å². The number of alkyl halides is 3. The molecule has 0 bridgehead atoms. The van der Waals surface area contributed by atoms with Crippen LogP contribution in [0.25, 0.3) is 0 Å². The molecule has 0 spiro atoms. The number of likely N-dealkylation sites (tertiary alicyclic amines) is 1. The van der Waals surface area contributed by atoms with Gasteiger partial charge in [-0.15, -0.1) is 0 Å². The molecule has 2 heterocycles. The molecule has 0 radical (unpaired) electrons. The molecule has 29 heavy (non-hydrogen) atoms. The van der Waals surface area contributed by atoms with Gasteiger partial charge in [0, 0.05) is 38.4 Å². The molecular weight excluding hydrogens is 388 g/mol. The zero-order valence-electron chi connectivity index (χ0n) is 15.9. The first-order valence-corrected chi connectivity index (χ1v) is 9.41. The van der Waals surface area contributed by atoms with E-state index in [1.54, 1.807) is 24.5 Å². The molecule has 1 aliphatic rings. The summed E-state index contributed by atoms with van der Waals surface area (Å²) in [6.45, 7) is 0.388. The molecule has 0 saturated carbocycles. The second kappa shape index (κ2) is 10.9. The number of carbonyl (C=O) groups excluding carboxylic acids is 1. The van der Waals surface area contributed by atoms with Gasteiger partial charge in [-0.2, -0.15) is 13.2 Å². The fourth-order valence-corrected chi connectivity index (χ4v) is 3.10. The number of amides is 1. The van der Waals surface area contributed by atoms with Crippen molar-refractivity contribution in [2.75, 3.05) is 13.2 Å². The summed E-state index contributed by atoms with van der Waals surface area (Å²) in [5, 5.41) is 7.93. The van der Waals surface area contributed by atoms with E-state index in [2.05, 4.69) is 4.98 Å². The number of aliphatic hydroxyl groups excluding tert-OH is 1. The summed E-state index contributed by atoms with van der Waals surface area (Å²) in [5.74, 6) is -0.0557. The molecule has 1 N–H and O–H groups in total. The van der Waals surface area contributed by atoms with E-state index < -0.39 is 12.6 Å². The number of benzene rings is 1. The molecule has 1 aliphatic heterocycles. The molecule has 1 aromatic heterocycles. The van der Waals surface area contributed by atoms with Gasteiger partial charge in [-0.25, -0.2) is 4.39 Å². The van der Waals surface area contributed by atoms with Crippen LogP contribution >= 0.6 is 0 Å². The second-order valence-electron chi connectivity index (χ2n) is 6.77. The molecule has 4 nitrogen and oxygen atoms in total. The summed E-state index contributed by atoms with van der Waals surface area (Å²) >= 11 is 0. The van der Waals surface area contributed by atoms with E-state index in [1.807, 2.05) is 17.0 Å². The number of aromatic nitrogens is 1. The monoisotopic (exact) mass is 412 g/mol. The maximum atomic E-state index is 13.0. The van der Waals surface area contributed by atoms with Crippen molar-refractivity contribution in [3.05, 3.63) is 65.7 Å². The van der Waals surface area contributed by atoms with Crippen LogP contribution in [0.5, 0.6) is 0 Å². The number of carbonyl (C=O) groups is 1. The molecule has 1 amide bonds. The standard InChI is InChI=1S/C17H17FN2O.C4H7F3O/c18-15-7-5-13(6-8-15)11-16(14-3-1-9-19-12-14)20-10-2-4-17(20)21;5-4(6,7)2-1-3-8/h1,3,5-9,12,16H,2,4,10-11H2;8H,1-3H2. The number of halogens is 4. The quantitative estimate of drug-likeness (QED) is 0.714. The van der Waals surface area contributed by atoms with Crippen molar-refractivity contribution < 1.29 is 27.5 Å². The average molecular weight is 412 g/mol. The summed E-state index contributed by atoms with van der Waals surface area (Å²) in [7, 11) is 0. The Kier molecular flexibility index (Phi) is 8.57. The van der Waals surface area contributed by atoms with E-state index in [9.17, 15) is 22.4 Å². The average Bonchev–Trinajstić information content (AvgIpc) is 3.12. The lowest BCUT2D eigenvalue weighted by Gasteiger charge is -2.28. The van der Waals surface area contributed by atoms with E-state index in [1.165, 1.54) is 12.1 Å². The van der Waals surface area contributed by atoms with Gasteiger partial charge in [-0.05, 0) is 48.6 Å². The third-order valence-electron chi connectivity index (χ3n) is 4.52. The Balaban J connectivity index is 0.000000321. The third-order valence-corrected chi connectivity index (χ3v) is 4.52. The zero-order chi connectivity index (χ0) is 21.3. The molecule has 1 saturated heterocycles. The predicted molar refractivity (Wildman–Crippen MR) is 100 cm³/mol. The normalized spacial score (nSPS) is 15.1. The molecule has 1 atom stereocenters. The highest BCUT2D eigenvalue weighted by molar-refractivity contribution is 5.78. The molecule has 8 heteroatoms. The summed E-state index contributed by atoms with van der Waals surface area (Å²) in [6.07, 6.45) is 0.538. The van der Waals surface area contributed by atoms with Gasteiger partial charge in [0.25, 0.3) is 0 Å². The zero-order valence-corrected chi connectivity index (χ0v) is 15.9. The molecule has 1 aromatic carbocycles. The van der Waals surface area contributed by atoms with E-state index in [-0.39, 0.29) is 30.8 Å². The molecule has 2 aromatic rings. The summed E-state index contributed by atoms with van der Waals surface area (Å²) < 4.78 is 46.4. The summed E-state index contributed by atoms with van der Waals surface area (Å²) in [6, 6.07) is 10.3. The molecule has 0 aliphatic carbocycles.